The Kier molecular flexibility index (Phi) is 10.1. The molecule has 4 aliphatic rings. The summed E-state index contributed by atoms with van der Waals surface area (Å²) < 4.78 is 45.4. The molecule has 0 radical (unpaired) electrons. The SMILES string of the molecule is CCOC(=O)N1CCC(N2CCC2C(=O)N2C[C@H](S(=O)(=O)c3ccc(F)cc3)C[C@H]2C(=O)NC2(C#N)CC2)CC1.CP. The van der Waals surface area contributed by atoms with E-state index in [2.05, 4.69) is 25.5 Å². The predicted octanol–water partition coefficient (Wildman–Crippen LogP) is 1.93. The maximum Gasteiger partial charge on any atom is 0.409 e. The molecule has 2 unspecified atom stereocenters. The second-order valence-electron chi connectivity index (χ2n) is 11.0. The predicted molar refractivity (Wildman–Crippen MR) is 156 cm³/mol. The van der Waals surface area contributed by atoms with Gasteiger partial charge < -0.3 is 19.9 Å². The molecule has 3 saturated heterocycles. The molecule has 0 aromatic heterocycles. The number of rotatable bonds is 7. The zero-order valence-electron chi connectivity index (χ0n) is 24.0. The lowest BCUT2D eigenvalue weighted by Crippen LogP contribution is -2.63. The third-order valence-electron chi connectivity index (χ3n) is 8.56. The zero-order valence-corrected chi connectivity index (χ0v) is 26.0. The van der Waals surface area contributed by atoms with E-state index >= 15 is 0 Å². The van der Waals surface area contributed by atoms with Crippen molar-refractivity contribution in [2.45, 2.75) is 79.3 Å². The van der Waals surface area contributed by atoms with Crippen LogP contribution in [-0.2, 0) is 24.2 Å². The normalized spacial score (nSPS) is 25.4. The molecule has 1 saturated carbocycles. The van der Waals surface area contributed by atoms with Gasteiger partial charge in [-0.25, -0.2) is 17.6 Å². The van der Waals surface area contributed by atoms with Gasteiger partial charge in [-0.05, 0) is 69.7 Å². The van der Waals surface area contributed by atoms with Gasteiger partial charge in [0.1, 0.15) is 17.4 Å². The number of sulfone groups is 1. The van der Waals surface area contributed by atoms with Crippen LogP contribution >= 0.6 is 9.24 Å². The van der Waals surface area contributed by atoms with E-state index in [0.717, 1.165) is 12.1 Å². The lowest BCUT2D eigenvalue weighted by atomic mass is 9.93. The summed E-state index contributed by atoms with van der Waals surface area (Å²) in [5, 5.41) is 11.2. The number of likely N-dealkylation sites (tertiary alicyclic amines) is 3. The number of piperidine rings is 1. The summed E-state index contributed by atoms with van der Waals surface area (Å²) in [6, 6.07) is 5.17. The molecule has 1 aromatic carbocycles. The Hall–Kier alpha value is -2.81. The van der Waals surface area contributed by atoms with Crippen molar-refractivity contribution in [2.24, 2.45) is 0 Å². The maximum absolute atomic E-state index is 13.9. The highest BCUT2D eigenvalue weighted by Gasteiger charge is 2.52. The van der Waals surface area contributed by atoms with E-state index in [9.17, 15) is 32.5 Å². The minimum absolute atomic E-state index is 0.0679. The monoisotopic (exact) mass is 623 g/mol. The lowest BCUT2D eigenvalue weighted by molar-refractivity contribution is -0.148. The smallest absolute Gasteiger partial charge is 0.409 e. The molecule has 230 valence electrons. The summed E-state index contributed by atoms with van der Waals surface area (Å²) >= 11 is 0. The fraction of sp³-hybridized carbons (Fsp3) is 0.643. The minimum atomic E-state index is -3.96. The van der Waals surface area contributed by atoms with Crippen LogP contribution < -0.4 is 5.32 Å². The van der Waals surface area contributed by atoms with Crippen LogP contribution in [0.15, 0.2) is 29.2 Å². The molecule has 14 heteroatoms. The van der Waals surface area contributed by atoms with E-state index in [1.807, 2.05) is 6.66 Å². The maximum atomic E-state index is 13.9. The fourth-order valence-electron chi connectivity index (χ4n) is 5.94. The van der Waals surface area contributed by atoms with Crippen molar-refractivity contribution in [2.75, 3.05) is 39.5 Å². The van der Waals surface area contributed by atoms with Crippen molar-refractivity contribution in [3.05, 3.63) is 30.1 Å². The summed E-state index contributed by atoms with van der Waals surface area (Å²) in [4.78, 5) is 44.3. The van der Waals surface area contributed by atoms with Gasteiger partial charge in [0.25, 0.3) is 0 Å². The van der Waals surface area contributed by atoms with E-state index in [1.54, 1.807) is 11.8 Å². The lowest BCUT2D eigenvalue weighted by Gasteiger charge is -2.48. The van der Waals surface area contributed by atoms with Crippen molar-refractivity contribution in [3.8, 4) is 6.07 Å². The van der Waals surface area contributed by atoms with Crippen LogP contribution in [0.5, 0.6) is 0 Å². The largest absolute Gasteiger partial charge is 0.450 e. The Morgan fingerprint density at radius 1 is 1.10 bits per heavy atom. The first-order valence-electron chi connectivity index (χ1n) is 14.4. The highest BCUT2D eigenvalue weighted by molar-refractivity contribution is 7.92. The molecule has 5 rings (SSSR count). The Morgan fingerprint density at radius 3 is 2.26 bits per heavy atom. The van der Waals surface area contributed by atoms with Gasteiger partial charge in [-0.1, -0.05) is 6.66 Å². The minimum Gasteiger partial charge on any atom is -0.450 e. The van der Waals surface area contributed by atoms with Crippen LogP contribution in [0.2, 0.25) is 0 Å². The van der Waals surface area contributed by atoms with Crippen molar-refractivity contribution in [3.63, 3.8) is 0 Å². The van der Waals surface area contributed by atoms with Crippen molar-refractivity contribution in [1.82, 2.24) is 20.0 Å². The van der Waals surface area contributed by atoms with E-state index in [4.69, 9.17) is 4.74 Å². The first-order valence-corrected chi connectivity index (χ1v) is 17.1. The molecule has 3 aliphatic heterocycles. The van der Waals surface area contributed by atoms with Gasteiger partial charge >= 0.3 is 6.09 Å². The second-order valence-corrected chi connectivity index (χ2v) is 13.2. The van der Waals surface area contributed by atoms with E-state index in [-0.39, 0.29) is 35.9 Å². The molecule has 4 fully saturated rings. The third kappa shape index (κ3) is 6.56. The van der Waals surface area contributed by atoms with Gasteiger partial charge in [-0.15, -0.1) is 9.24 Å². The molecule has 4 atom stereocenters. The average Bonchev–Trinajstić information content (AvgIpc) is 3.58. The number of halogens is 1. The van der Waals surface area contributed by atoms with Gasteiger partial charge in [0.05, 0.1) is 28.9 Å². The molecule has 42 heavy (non-hydrogen) atoms. The molecule has 0 bridgehead atoms. The summed E-state index contributed by atoms with van der Waals surface area (Å²) in [5.74, 6) is -1.40. The summed E-state index contributed by atoms with van der Waals surface area (Å²) in [7, 11) is -1.54. The van der Waals surface area contributed by atoms with Crippen molar-refractivity contribution >= 4 is 37.0 Å². The number of ether oxygens (including phenoxy) is 1. The highest BCUT2D eigenvalue weighted by Crippen LogP contribution is 2.37. The van der Waals surface area contributed by atoms with Gasteiger partial charge in [-0.3, -0.25) is 14.5 Å². The number of benzene rings is 1. The van der Waals surface area contributed by atoms with Crippen LogP contribution in [0, 0.1) is 17.1 Å². The number of carbonyl (C=O) groups excluding carboxylic acids is 3. The Labute approximate surface area is 248 Å². The Balaban J connectivity index is 0.00000198. The van der Waals surface area contributed by atoms with Gasteiger partial charge in [0.15, 0.2) is 9.84 Å². The Morgan fingerprint density at radius 2 is 1.74 bits per heavy atom. The number of amides is 3. The number of hydrogen-bond acceptors (Lipinski definition) is 8. The summed E-state index contributed by atoms with van der Waals surface area (Å²) in [6.07, 6.45) is 2.50. The standard InChI is InChI=1S/C27H34FN5O6S.CH5P/c1-2-39-26(36)31-12-7-19(8-13-31)32-14-9-22(32)25(35)33-16-21(40(37,38)20-5-3-18(28)4-6-20)15-23(33)24(34)30-27(17-29)10-11-27;1-2/h3-6,19,21-23H,2,7-16H2,1H3,(H,30,34);2H2,1H3/t21-,22?,23+;/m1./s1. The summed E-state index contributed by atoms with van der Waals surface area (Å²) in [6.45, 7) is 5.54. The molecular formula is C28H39FN5O6PS. The summed E-state index contributed by atoms with van der Waals surface area (Å²) in [5.41, 5.74) is -0.963. The molecular weight excluding hydrogens is 584 g/mol. The van der Waals surface area contributed by atoms with E-state index in [1.165, 1.54) is 17.0 Å². The van der Waals surface area contributed by atoms with Gasteiger partial charge in [0, 0.05) is 32.2 Å². The molecule has 1 N–H and O–H groups in total. The van der Waals surface area contributed by atoms with E-state index in [0.29, 0.717) is 58.3 Å². The van der Waals surface area contributed by atoms with E-state index < -0.39 is 44.4 Å². The number of nitriles is 1. The molecule has 11 nitrogen and oxygen atoms in total. The first-order chi connectivity index (χ1) is 20.1. The molecule has 0 spiro atoms. The number of hydrogen-bond donors (Lipinski definition) is 1. The second kappa shape index (κ2) is 13.2. The number of nitrogens with one attached hydrogen (secondary N) is 1. The number of carbonyl (C=O) groups is 3. The van der Waals surface area contributed by atoms with Gasteiger partial charge in [-0.2, -0.15) is 5.26 Å². The molecule has 3 heterocycles. The first kappa shape index (κ1) is 32.1. The zero-order chi connectivity index (χ0) is 30.7. The molecule has 1 aliphatic carbocycles. The topological polar surface area (TPSA) is 140 Å². The fourth-order valence-corrected chi connectivity index (χ4v) is 7.63. The van der Waals surface area contributed by atoms with Crippen LogP contribution in [0.25, 0.3) is 0 Å². The van der Waals surface area contributed by atoms with Crippen LogP contribution in [0.4, 0.5) is 9.18 Å². The van der Waals surface area contributed by atoms with Crippen LogP contribution in [-0.4, -0.2) is 109 Å². The highest BCUT2D eigenvalue weighted by atomic mass is 32.2. The van der Waals surface area contributed by atoms with Crippen molar-refractivity contribution < 1.29 is 31.9 Å². The van der Waals surface area contributed by atoms with Crippen molar-refractivity contribution in [1.29, 1.82) is 5.26 Å². The number of nitrogens with zero attached hydrogens (tertiary/aromatic N) is 4. The molecule has 1 aromatic rings. The quantitative estimate of drug-likeness (QED) is 0.359. The third-order valence-corrected chi connectivity index (χ3v) is 10.7. The Bertz CT molecular complexity index is 1310. The average molecular weight is 624 g/mol. The van der Waals surface area contributed by atoms with Gasteiger partial charge in [0.2, 0.25) is 11.8 Å². The van der Waals surface area contributed by atoms with Crippen LogP contribution in [0.3, 0.4) is 0 Å². The molecule has 3 amide bonds. The van der Waals surface area contributed by atoms with Crippen LogP contribution in [0.1, 0.15) is 45.4 Å².